The van der Waals surface area contributed by atoms with Crippen LogP contribution in [-0.4, -0.2) is 24.8 Å². The zero-order chi connectivity index (χ0) is 18.2. The van der Waals surface area contributed by atoms with Gasteiger partial charge in [0.1, 0.15) is 11.5 Å². The van der Waals surface area contributed by atoms with Crippen LogP contribution in [-0.2, 0) is 4.79 Å². The molecule has 1 N–H and O–H groups in total. The molecular weight excluding hydrogens is 316 g/mol. The van der Waals surface area contributed by atoms with E-state index >= 15 is 0 Å². The van der Waals surface area contributed by atoms with Crippen molar-refractivity contribution >= 4 is 12.1 Å². The molecule has 132 valence electrons. The summed E-state index contributed by atoms with van der Waals surface area (Å²) in [6.45, 7) is 8.16. The number of hydrogen-bond donors (Lipinski definition) is 1. The summed E-state index contributed by atoms with van der Waals surface area (Å²) in [5, 5.41) is 4.00. The Morgan fingerprint density at radius 1 is 1.20 bits per heavy atom. The van der Waals surface area contributed by atoms with E-state index in [0.29, 0.717) is 12.4 Å². The largest absolute Gasteiger partial charge is 0.493 e. The lowest BCUT2D eigenvalue weighted by atomic mass is 10.1. The number of aryl methyl sites for hydroxylation is 2. The molecule has 2 aromatic carbocycles. The molecule has 5 heteroatoms. The Balaban J connectivity index is 1.95. The quantitative estimate of drug-likeness (QED) is 0.618. The van der Waals surface area contributed by atoms with Gasteiger partial charge in [0, 0.05) is 5.56 Å². The van der Waals surface area contributed by atoms with Gasteiger partial charge in [-0.1, -0.05) is 18.2 Å². The average molecular weight is 340 g/mol. The summed E-state index contributed by atoms with van der Waals surface area (Å²) < 4.78 is 11.2. The first kappa shape index (κ1) is 18.5. The Morgan fingerprint density at radius 3 is 2.56 bits per heavy atom. The second-order valence-corrected chi connectivity index (χ2v) is 5.79. The van der Waals surface area contributed by atoms with Crippen LogP contribution in [0.4, 0.5) is 0 Å². The fourth-order valence-corrected chi connectivity index (χ4v) is 2.39. The van der Waals surface area contributed by atoms with E-state index in [1.165, 1.54) is 0 Å². The Hall–Kier alpha value is -2.82. The predicted octanol–water partition coefficient (Wildman–Crippen LogP) is 3.62. The van der Waals surface area contributed by atoms with Gasteiger partial charge in [0.15, 0.2) is 6.10 Å². The Kier molecular flexibility index (Phi) is 6.57. The van der Waals surface area contributed by atoms with E-state index in [1.54, 1.807) is 13.1 Å². The lowest BCUT2D eigenvalue weighted by molar-refractivity contribution is -0.127. The lowest BCUT2D eigenvalue weighted by Crippen LogP contribution is -2.33. The van der Waals surface area contributed by atoms with Gasteiger partial charge >= 0.3 is 0 Å². The van der Waals surface area contributed by atoms with Crippen LogP contribution in [0.2, 0.25) is 0 Å². The van der Waals surface area contributed by atoms with E-state index in [2.05, 4.69) is 16.6 Å². The maximum atomic E-state index is 12.1. The summed E-state index contributed by atoms with van der Waals surface area (Å²) in [6, 6.07) is 13.4. The molecule has 1 atom stereocenters. The molecule has 1 unspecified atom stereocenters. The number of ether oxygens (including phenoxy) is 2. The van der Waals surface area contributed by atoms with Crippen molar-refractivity contribution in [1.82, 2.24) is 5.43 Å². The van der Waals surface area contributed by atoms with Crippen LogP contribution in [0, 0.1) is 13.8 Å². The maximum absolute atomic E-state index is 12.1. The highest BCUT2D eigenvalue weighted by Crippen LogP contribution is 2.18. The third-order valence-corrected chi connectivity index (χ3v) is 3.47. The number of amides is 1. The lowest BCUT2D eigenvalue weighted by Gasteiger charge is -2.14. The summed E-state index contributed by atoms with van der Waals surface area (Å²) in [5.74, 6) is 1.08. The smallest absolute Gasteiger partial charge is 0.280 e. The number of carbonyl (C=O) groups excluding carboxylic acids is 1. The van der Waals surface area contributed by atoms with E-state index in [-0.39, 0.29) is 5.91 Å². The third-order valence-electron chi connectivity index (χ3n) is 3.47. The first-order chi connectivity index (χ1) is 12.0. The Labute approximate surface area is 148 Å². The molecule has 0 aromatic heterocycles. The molecule has 5 nitrogen and oxygen atoms in total. The van der Waals surface area contributed by atoms with E-state index in [4.69, 9.17) is 9.47 Å². The van der Waals surface area contributed by atoms with Crippen molar-refractivity contribution in [2.45, 2.75) is 33.8 Å². The molecule has 2 aromatic rings. The highest BCUT2D eigenvalue weighted by Gasteiger charge is 2.14. The van der Waals surface area contributed by atoms with Crippen molar-refractivity contribution in [3.63, 3.8) is 0 Å². The number of carbonyl (C=O) groups is 1. The summed E-state index contributed by atoms with van der Waals surface area (Å²) in [4.78, 5) is 12.1. The van der Waals surface area contributed by atoms with Crippen LogP contribution in [0.1, 0.15) is 30.5 Å². The van der Waals surface area contributed by atoms with Crippen LogP contribution in [0.3, 0.4) is 0 Å². The van der Waals surface area contributed by atoms with E-state index in [0.717, 1.165) is 22.4 Å². The van der Waals surface area contributed by atoms with E-state index < -0.39 is 6.10 Å². The summed E-state index contributed by atoms with van der Waals surface area (Å²) >= 11 is 0. The van der Waals surface area contributed by atoms with E-state index in [1.807, 2.05) is 57.2 Å². The van der Waals surface area contributed by atoms with E-state index in [9.17, 15) is 4.79 Å². The fourth-order valence-electron chi connectivity index (χ4n) is 2.39. The molecule has 0 spiro atoms. The minimum atomic E-state index is -0.652. The highest BCUT2D eigenvalue weighted by atomic mass is 16.5. The molecule has 0 saturated heterocycles. The van der Waals surface area contributed by atoms with Gasteiger partial charge in [-0.15, -0.1) is 0 Å². The minimum absolute atomic E-state index is 0.315. The monoisotopic (exact) mass is 340 g/mol. The van der Waals surface area contributed by atoms with Crippen molar-refractivity contribution in [3.8, 4) is 11.5 Å². The molecule has 0 aliphatic rings. The number of nitrogens with one attached hydrogen (secondary N) is 1. The Bertz CT molecular complexity index is 736. The van der Waals surface area contributed by atoms with Gasteiger partial charge in [-0.25, -0.2) is 5.43 Å². The molecule has 0 aliphatic carbocycles. The molecule has 1 amide bonds. The van der Waals surface area contributed by atoms with Gasteiger partial charge in [0.2, 0.25) is 0 Å². The molecule has 0 aliphatic heterocycles. The molecular formula is C20H24N2O3. The Morgan fingerprint density at radius 2 is 1.88 bits per heavy atom. The van der Waals surface area contributed by atoms with Crippen molar-refractivity contribution in [2.24, 2.45) is 5.10 Å². The fraction of sp³-hybridized carbons (Fsp3) is 0.300. The standard InChI is InChI=1S/C20H24N2O3/c1-5-24-19-9-7-6-8-17(19)13-21-22-20(23)16(4)25-18-11-14(2)10-15(3)12-18/h6-13,16H,5H2,1-4H3,(H,22,23). The number of hydrogen-bond acceptors (Lipinski definition) is 4. The summed E-state index contributed by atoms with van der Waals surface area (Å²) in [7, 11) is 0. The molecule has 0 bridgehead atoms. The number of rotatable bonds is 7. The van der Waals surface area contributed by atoms with Crippen LogP contribution >= 0.6 is 0 Å². The van der Waals surface area contributed by atoms with Crippen molar-refractivity contribution in [3.05, 3.63) is 59.2 Å². The summed E-state index contributed by atoms with van der Waals surface area (Å²) in [5.41, 5.74) is 5.48. The van der Waals surface area contributed by atoms with Gasteiger partial charge in [-0.2, -0.15) is 5.10 Å². The topological polar surface area (TPSA) is 59.9 Å². The van der Waals surface area contributed by atoms with Crippen LogP contribution in [0.15, 0.2) is 47.6 Å². The van der Waals surface area contributed by atoms with Gasteiger partial charge < -0.3 is 9.47 Å². The first-order valence-electron chi connectivity index (χ1n) is 8.29. The zero-order valence-electron chi connectivity index (χ0n) is 15.1. The zero-order valence-corrected chi connectivity index (χ0v) is 15.1. The number of hydrazone groups is 1. The van der Waals surface area contributed by atoms with Crippen molar-refractivity contribution in [2.75, 3.05) is 6.61 Å². The predicted molar refractivity (Wildman–Crippen MR) is 99.4 cm³/mol. The normalized spacial score (nSPS) is 12.0. The second kappa shape index (κ2) is 8.87. The van der Waals surface area contributed by atoms with Crippen molar-refractivity contribution < 1.29 is 14.3 Å². The van der Waals surface area contributed by atoms with Crippen molar-refractivity contribution in [1.29, 1.82) is 0 Å². The first-order valence-corrected chi connectivity index (χ1v) is 8.29. The maximum Gasteiger partial charge on any atom is 0.280 e. The average Bonchev–Trinajstić information content (AvgIpc) is 2.55. The molecule has 0 fully saturated rings. The van der Waals surface area contributed by atoms with Gasteiger partial charge in [-0.3, -0.25) is 4.79 Å². The number of para-hydroxylation sites is 1. The molecule has 2 rings (SSSR count). The molecule has 0 saturated carbocycles. The van der Waals surface area contributed by atoms with Gasteiger partial charge in [-0.05, 0) is 63.1 Å². The second-order valence-electron chi connectivity index (χ2n) is 5.79. The minimum Gasteiger partial charge on any atom is -0.493 e. The number of nitrogens with zero attached hydrogens (tertiary/aromatic N) is 1. The SMILES string of the molecule is CCOc1ccccc1C=NNC(=O)C(C)Oc1cc(C)cc(C)c1. The molecule has 0 radical (unpaired) electrons. The van der Waals surface area contributed by atoms with Crippen LogP contribution in [0.5, 0.6) is 11.5 Å². The van der Waals surface area contributed by atoms with Crippen LogP contribution < -0.4 is 14.9 Å². The van der Waals surface area contributed by atoms with Gasteiger partial charge in [0.25, 0.3) is 5.91 Å². The summed E-state index contributed by atoms with van der Waals surface area (Å²) in [6.07, 6.45) is 0.910. The molecule has 25 heavy (non-hydrogen) atoms. The van der Waals surface area contributed by atoms with Gasteiger partial charge in [0.05, 0.1) is 12.8 Å². The third kappa shape index (κ3) is 5.64. The molecule has 0 heterocycles. The highest BCUT2D eigenvalue weighted by molar-refractivity contribution is 5.86. The van der Waals surface area contributed by atoms with Crippen LogP contribution in [0.25, 0.3) is 0 Å². The number of benzene rings is 2.